The molecule has 0 unspecified atom stereocenters. The first kappa shape index (κ1) is 28.4. The molecule has 1 saturated heterocycles. The van der Waals surface area contributed by atoms with Gasteiger partial charge in [-0.25, -0.2) is 4.98 Å². The van der Waals surface area contributed by atoms with Crippen LogP contribution in [-0.2, 0) is 11.3 Å². The number of likely N-dealkylation sites (tertiary alicyclic amines) is 1. The molecule has 4 aromatic rings. The van der Waals surface area contributed by atoms with Crippen molar-refractivity contribution in [3.8, 4) is 27.4 Å². The third-order valence-electron chi connectivity index (χ3n) is 6.60. The van der Waals surface area contributed by atoms with Crippen molar-refractivity contribution in [2.45, 2.75) is 25.7 Å². The second-order valence-electron chi connectivity index (χ2n) is 9.44. The van der Waals surface area contributed by atoms with Gasteiger partial charge in [0.1, 0.15) is 5.75 Å². The van der Waals surface area contributed by atoms with Crippen molar-refractivity contribution in [1.82, 2.24) is 9.88 Å². The highest BCUT2D eigenvalue weighted by atomic mass is 35.5. The lowest BCUT2D eigenvalue weighted by atomic mass is 9.95. The van der Waals surface area contributed by atoms with E-state index in [4.69, 9.17) is 28.2 Å². The van der Waals surface area contributed by atoms with Crippen LogP contribution in [0.3, 0.4) is 0 Å². The van der Waals surface area contributed by atoms with Gasteiger partial charge in [-0.1, -0.05) is 70.9 Å². The number of benzene rings is 3. The number of hydrogen-bond donors (Lipinski definition) is 1. The first-order valence-electron chi connectivity index (χ1n) is 12.5. The molecule has 5 nitrogen and oxygen atoms in total. The topological polar surface area (TPSA) is 54.5 Å². The second-order valence-corrected chi connectivity index (χ2v) is 11.3. The SMILES string of the molecule is O=C(Nc1nc(-c2ccc(Cl)cc2)c(-c2ccc(Cl)cc2)s1)C1CCN(Cc2ccc(OC(F)(F)F)cc2)CC1. The fraction of sp³-hybridized carbons (Fsp3) is 0.241. The quantitative estimate of drug-likeness (QED) is 0.229. The van der Waals surface area contributed by atoms with Gasteiger partial charge >= 0.3 is 6.36 Å². The van der Waals surface area contributed by atoms with E-state index in [1.165, 1.54) is 23.5 Å². The lowest BCUT2D eigenvalue weighted by Crippen LogP contribution is -2.37. The van der Waals surface area contributed by atoms with Crippen molar-refractivity contribution >= 4 is 45.6 Å². The van der Waals surface area contributed by atoms with Gasteiger partial charge in [0.05, 0.1) is 10.6 Å². The van der Waals surface area contributed by atoms with Gasteiger partial charge in [-0.05, 0) is 73.5 Å². The number of nitrogens with one attached hydrogen (secondary N) is 1. The van der Waals surface area contributed by atoms with Gasteiger partial charge in [0.15, 0.2) is 5.13 Å². The number of carbonyl (C=O) groups is 1. The highest BCUT2D eigenvalue weighted by Gasteiger charge is 2.31. The van der Waals surface area contributed by atoms with Crippen molar-refractivity contribution in [1.29, 1.82) is 0 Å². The fourth-order valence-corrected chi connectivity index (χ4v) is 5.84. The number of aromatic nitrogens is 1. The Morgan fingerprint density at radius 2 is 1.50 bits per heavy atom. The smallest absolute Gasteiger partial charge is 0.406 e. The van der Waals surface area contributed by atoms with Crippen LogP contribution in [0.4, 0.5) is 18.3 Å². The molecule has 0 atom stereocenters. The van der Waals surface area contributed by atoms with Crippen LogP contribution in [-0.4, -0.2) is 35.2 Å². The number of anilines is 1. The number of thiazole rings is 1. The predicted molar refractivity (Wildman–Crippen MR) is 153 cm³/mol. The molecule has 1 fully saturated rings. The Labute approximate surface area is 243 Å². The van der Waals surface area contributed by atoms with E-state index >= 15 is 0 Å². The molecule has 208 valence electrons. The van der Waals surface area contributed by atoms with Gasteiger partial charge in [-0.15, -0.1) is 13.2 Å². The molecule has 5 rings (SSSR count). The lowest BCUT2D eigenvalue weighted by molar-refractivity contribution is -0.274. The molecule has 3 aromatic carbocycles. The summed E-state index contributed by atoms with van der Waals surface area (Å²) >= 11 is 13.6. The van der Waals surface area contributed by atoms with Gasteiger partial charge in [0, 0.05) is 28.1 Å². The summed E-state index contributed by atoms with van der Waals surface area (Å²) in [6.07, 6.45) is -3.38. The number of carbonyl (C=O) groups excluding carboxylic acids is 1. The molecular formula is C29H24Cl2F3N3O2S. The van der Waals surface area contributed by atoms with Crippen LogP contribution in [0.5, 0.6) is 5.75 Å². The molecule has 1 aromatic heterocycles. The normalized spacial score (nSPS) is 14.7. The number of nitrogens with zero attached hydrogens (tertiary/aromatic N) is 2. The molecule has 0 aliphatic carbocycles. The molecule has 40 heavy (non-hydrogen) atoms. The zero-order valence-corrected chi connectivity index (χ0v) is 23.4. The number of halogens is 5. The summed E-state index contributed by atoms with van der Waals surface area (Å²) in [5.41, 5.74) is 3.46. The van der Waals surface area contributed by atoms with Crippen molar-refractivity contribution < 1.29 is 22.7 Å². The molecule has 11 heteroatoms. The molecule has 2 heterocycles. The summed E-state index contributed by atoms with van der Waals surface area (Å²) in [5, 5.41) is 4.79. The molecule has 1 N–H and O–H groups in total. The number of hydrogen-bond acceptors (Lipinski definition) is 5. The van der Waals surface area contributed by atoms with E-state index in [0.717, 1.165) is 27.3 Å². The molecule has 1 amide bonds. The largest absolute Gasteiger partial charge is 0.573 e. The van der Waals surface area contributed by atoms with E-state index in [9.17, 15) is 18.0 Å². The summed E-state index contributed by atoms with van der Waals surface area (Å²) in [6, 6.07) is 20.8. The number of alkyl halides is 3. The van der Waals surface area contributed by atoms with Gasteiger partial charge in [-0.2, -0.15) is 0 Å². The van der Waals surface area contributed by atoms with Crippen molar-refractivity contribution in [3.63, 3.8) is 0 Å². The standard InChI is InChI=1S/C29H24Cl2F3N3O2S/c30-22-7-3-19(4-8-22)25-26(20-5-9-23(31)10-6-20)40-28(35-25)36-27(38)21-13-15-37(16-14-21)17-18-1-11-24(12-2-18)39-29(32,33)34/h1-12,21H,13-17H2,(H,35,36,38). The van der Waals surface area contributed by atoms with Gasteiger partial charge in [0.25, 0.3) is 0 Å². The maximum absolute atomic E-state index is 13.2. The first-order valence-corrected chi connectivity index (χ1v) is 14.1. The third-order valence-corrected chi connectivity index (χ3v) is 8.13. The number of rotatable bonds is 7. The van der Waals surface area contributed by atoms with Crippen molar-refractivity contribution in [2.24, 2.45) is 5.92 Å². The van der Waals surface area contributed by atoms with Gasteiger partial charge in [0.2, 0.25) is 5.91 Å². The highest BCUT2D eigenvalue weighted by molar-refractivity contribution is 7.19. The summed E-state index contributed by atoms with van der Waals surface area (Å²) in [6.45, 7) is 1.98. The summed E-state index contributed by atoms with van der Waals surface area (Å²) in [5.74, 6) is -0.486. The van der Waals surface area contributed by atoms with E-state index in [1.54, 1.807) is 24.3 Å². The zero-order valence-electron chi connectivity index (χ0n) is 21.1. The van der Waals surface area contributed by atoms with Gasteiger partial charge < -0.3 is 10.1 Å². The fourth-order valence-electron chi connectivity index (χ4n) is 4.59. The minimum atomic E-state index is -4.71. The number of piperidine rings is 1. The Bertz CT molecular complexity index is 1390. The number of ether oxygens (including phenoxy) is 1. The summed E-state index contributed by atoms with van der Waals surface area (Å²) in [7, 11) is 0. The number of amides is 1. The minimum Gasteiger partial charge on any atom is -0.406 e. The monoisotopic (exact) mass is 605 g/mol. The Kier molecular flexibility index (Phi) is 8.65. The van der Waals surface area contributed by atoms with E-state index in [2.05, 4.69) is 15.0 Å². The second kappa shape index (κ2) is 12.2. The average molecular weight is 606 g/mol. The lowest BCUT2D eigenvalue weighted by Gasteiger charge is -2.31. The molecule has 1 aliphatic heterocycles. The molecule has 0 bridgehead atoms. The molecular weight excluding hydrogens is 582 g/mol. The Morgan fingerprint density at radius 1 is 0.925 bits per heavy atom. The first-order chi connectivity index (χ1) is 19.1. The van der Waals surface area contributed by atoms with Crippen molar-refractivity contribution in [3.05, 3.63) is 88.4 Å². The van der Waals surface area contributed by atoms with Crippen molar-refractivity contribution in [2.75, 3.05) is 18.4 Å². The Morgan fingerprint density at radius 3 is 2.08 bits per heavy atom. The molecule has 0 saturated carbocycles. The minimum absolute atomic E-state index is 0.0765. The predicted octanol–water partition coefficient (Wildman–Crippen LogP) is 8.53. The maximum Gasteiger partial charge on any atom is 0.573 e. The molecule has 0 radical (unpaired) electrons. The average Bonchev–Trinajstić information content (AvgIpc) is 3.34. The van der Waals surface area contributed by atoms with Crippen LogP contribution in [0.25, 0.3) is 21.7 Å². The Hall–Kier alpha value is -3.11. The molecule has 0 spiro atoms. The van der Waals surface area contributed by atoms with Crippen LogP contribution < -0.4 is 10.1 Å². The maximum atomic E-state index is 13.2. The Balaban J connectivity index is 1.22. The summed E-state index contributed by atoms with van der Waals surface area (Å²) < 4.78 is 41.1. The summed E-state index contributed by atoms with van der Waals surface area (Å²) in [4.78, 5) is 21.0. The van der Waals surface area contributed by atoms with Crippen LogP contribution >= 0.6 is 34.5 Å². The van der Waals surface area contributed by atoms with E-state index in [-0.39, 0.29) is 17.6 Å². The van der Waals surface area contributed by atoms with E-state index in [0.29, 0.717) is 47.7 Å². The van der Waals surface area contributed by atoms with Crippen LogP contribution in [0.15, 0.2) is 72.8 Å². The van der Waals surface area contributed by atoms with Gasteiger partial charge in [-0.3, -0.25) is 9.69 Å². The van der Waals surface area contributed by atoms with E-state index in [1.807, 2.05) is 36.4 Å². The third kappa shape index (κ3) is 7.34. The molecule has 1 aliphatic rings. The van der Waals surface area contributed by atoms with Crippen LogP contribution in [0.2, 0.25) is 10.0 Å². The van der Waals surface area contributed by atoms with Crippen LogP contribution in [0.1, 0.15) is 18.4 Å². The highest BCUT2D eigenvalue weighted by Crippen LogP contribution is 2.40. The van der Waals surface area contributed by atoms with E-state index < -0.39 is 6.36 Å². The van der Waals surface area contributed by atoms with Crippen LogP contribution in [0, 0.1) is 5.92 Å². The zero-order chi connectivity index (χ0) is 28.3.